The summed E-state index contributed by atoms with van der Waals surface area (Å²) in [6.45, 7) is 9.84. The number of benzene rings is 2. The molecular weight excluding hydrogens is 346 g/mol. The third kappa shape index (κ3) is 4.13. The second-order valence-corrected chi connectivity index (χ2v) is 8.17. The molecule has 2 heterocycles. The molecule has 0 aromatic heterocycles. The van der Waals surface area contributed by atoms with Gasteiger partial charge in [-0.05, 0) is 42.5 Å². The van der Waals surface area contributed by atoms with Crippen LogP contribution >= 0.6 is 0 Å². The third-order valence-corrected chi connectivity index (χ3v) is 6.14. The Labute approximate surface area is 168 Å². The summed E-state index contributed by atoms with van der Waals surface area (Å²) in [6, 6.07) is 17.6. The van der Waals surface area contributed by atoms with Crippen molar-refractivity contribution >= 4 is 11.6 Å². The summed E-state index contributed by atoms with van der Waals surface area (Å²) in [7, 11) is 0. The molecule has 2 aromatic rings. The van der Waals surface area contributed by atoms with Crippen molar-refractivity contribution in [3.63, 3.8) is 0 Å². The van der Waals surface area contributed by atoms with Gasteiger partial charge in [-0.25, -0.2) is 0 Å². The van der Waals surface area contributed by atoms with Crippen molar-refractivity contribution in [2.75, 3.05) is 37.6 Å². The van der Waals surface area contributed by atoms with Crippen LogP contribution in [0.15, 0.2) is 48.5 Å². The van der Waals surface area contributed by atoms with E-state index in [1.54, 1.807) is 0 Å². The van der Waals surface area contributed by atoms with E-state index in [2.05, 4.69) is 66.1 Å². The number of anilines is 1. The van der Waals surface area contributed by atoms with Crippen molar-refractivity contribution < 1.29 is 4.79 Å². The van der Waals surface area contributed by atoms with Gasteiger partial charge in [-0.15, -0.1) is 0 Å². The summed E-state index contributed by atoms with van der Waals surface area (Å²) < 4.78 is 0. The van der Waals surface area contributed by atoms with Crippen LogP contribution in [-0.4, -0.2) is 54.5 Å². The number of aryl methyl sites for hydroxylation is 1. The van der Waals surface area contributed by atoms with Crippen molar-refractivity contribution in [2.24, 2.45) is 0 Å². The summed E-state index contributed by atoms with van der Waals surface area (Å²) in [5, 5.41) is 0. The van der Waals surface area contributed by atoms with Crippen LogP contribution in [0.3, 0.4) is 0 Å². The molecule has 2 aliphatic heterocycles. The highest BCUT2D eigenvalue weighted by Crippen LogP contribution is 2.31. The van der Waals surface area contributed by atoms with Gasteiger partial charge in [-0.2, -0.15) is 0 Å². The van der Waals surface area contributed by atoms with Crippen LogP contribution < -0.4 is 4.90 Å². The zero-order chi connectivity index (χ0) is 19.5. The standard InChI is InChI=1S/C24H31N3O/c1-3-20-8-10-21(11-9-20)17-25-12-14-26(15-13-25)18-24(28)27-19(2)16-22-6-4-5-7-23(22)27/h4-11,19H,3,12-18H2,1-2H3. The maximum absolute atomic E-state index is 13.0. The van der Waals surface area contributed by atoms with E-state index in [-0.39, 0.29) is 11.9 Å². The van der Waals surface area contributed by atoms with Gasteiger partial charge in [-0.1, -0.05) is 49.4 Å². The normalized spacial score (nSPS) is 20.4. The lowest BCUT2D eigenvalue weighted by Gasteiger charge is -2.35. The van der Waals surface area contributed by atoms with E-state index in [9.17, 15) is 4.79 Å². The Morgan fingerprint density at radius 1 is 0.929 bits per heavy atom. The van der Waals surface area contributed by atoms with E-state index in [4.69, 9.17) is 0 Å². The van der Waals surface area contributed by atoms with Gasteiger partial charge in [0.1, 0.15) is 0 Å². The zero-order valence-electron chi connectivity index (χ0n) is 17.1. The first-order valence-corrected chi connectivity index (χ1v) is 10.6. The molecule has 4 heteroatoms. The van der Waals surface area contributed by atoms with Crippen LogP contribution in [0.1, 0.15) is 30.5 Å². The number of fused-ring (bicyclic) bond motifs is 1. The lowest BCUT2D eigenvalue weighted by molar-refractivity contribution is -0.120. The average Bonchev–Trinajstić information content (AvgIpc) is 3.06. The molecule has 0 N–H and O–H groups in total. The van der Waals surface area contributed by atoms with Crippen molar-refractivity contribution in [1.29, 1.82) is 0 Å². The van der Waals surface area contributed by atoms with Crippen LogP contribution in [0.25, 0.3) is 0 Å². The van der Waals surface area contributed by atoms with Crippen LogP contribution in [0.4, 0.5) is 5.69 Å². The molecule has 148 valence electrons. The first kappa shape index (κ1) is 19.2. The van der Waals surface area contributed by atoms with Crippen LogP contribution in [0.2, 0.25) is 0 Å². The minimum Gasteiger partial charge on any atom is -0.308 e. The molecule has 2 aromatic carbocycles. The van der Waals surface area contributed by atoms with E-state index in [0.717, 1.165) is 51.3 Å². The second-order valence-electron chi connectivity index (χ2n) is 8.17. The van der Waals surface area contributed by atoms with E-state index in [1.807, 2.05) is 11.0 Å². The Morgan fingerprint density at radius 3 is 2.29 bits per heavy atom. The maximum Gasteiger partial charge on any atom is 0.241 e. The van der Waals surface area contributed by atoms with Crippen molar-refractivity contribution in [2.45, 2.75) is 39.3 Å². The van der Waals surface area contributed by atoms with E-state index in [1.165, 1.54) is 16.7 Å². The third-order valence-electron chi connectivity index (χ3n) is 6.14. The number of carbonyl (C=O) groups is 1. The van der Waals surface area contributed by atoms with Crippen LogP contribution in [-0.2, 0) is 24.2 Å². The van der Waals surface area contributed by atoms with Crippen LogP contribution in [0, 0.1) is 0 Å². The van der Waals surface area contributed by atoms with Gasteiger partial charge < -0.3 is 4.90 Å². The fraction of sp³-hybridized carbons (Fsp3) is 0.458. The van der Waals surface area contributed by atoms with Gasteiger partial charge in [0.15, 0.2) is 0 Å². The van der Waals surface area contributed by atoms with Crippen molar-refractivity contribution in [3.8, 4) is 0 Å². The van der Waals surface area contributed by atoms with Gasteiger partial charge in [0.2, 0.25) is 5.91 Å². The molecule has 1 amide bonds. The van der Waals surface area contributed by atoms with Crippen LogP contribution in [0.5, 0.6) is 0 Å². The maximum atomic E-state index is 13.0. The fourth-order valence-electron chi connectivity index (χ4n) is 4.46. The summed E-state index contributed by atoms with van der Waals surface area (Å²) >= 11 is 0. The number of hydrogen-bond acceptors (Lipinski definition) is 3. The number of piperazine rings is 1. The lowest BCUT2D eigenvalue weighted by Crippen LogP contribution is -2.50. The van der Waals surface area contributed by atoms with Crippen molar-refractivity contribution in [3.05, 3.63) is 65.2 Å². The number of para-hydroxylation sites is 1. The molecule has 1 saturated heterocycles. The minimum atomic E-state index is 0.237. The zero-order valence-corrected chi connectivity index (χ0v) is 17.1. The number of hydrogen-bond donors (Lipinski definition) is 0. The van der Waals surface area contributed by atoms with Gasteiger partial charge >= 0.3 is 0 Å². The molecule has 1 atom stereocenters. The highest BCUT2D eigenvalue weighted by Gasteiger charge is 2.31. The number of nitrogens with zero attached hydrogens (tertiary/aromatic N) is 3. The summed E-state index contributed by atoms with van der Waals surface area (Å²) in [5.41, 5.74) is 5.17. The minimum absolute atomic E-state index is 0.237. The van der Waals surface area contributed by atoms with Gasteiger partial charge in [-0.3, -0.25) is 14.6 Å². The Morgan fingerprint density at radius 2 is 1.57 bits per heavy atom. The molecular formula is C24H31N3O. The second kappa shape index (κ2) is 8.46. The first-order chi connectivity index (χ1) is 13.6. The molecule has 0 spiro atoms. The number of rotatable bonds is 5. The molecule has 2 aliphatic rings. The topological polar surface area (TPSA) is 26.8 Å². The summed E-state index contributed by atoms with van der Waals surface area (Å²) in [5.74, 6) is 0.237. The number of carbonyl (C=O) groups excluding carboxylic acids is 1. The molecule has 0 bridgehead atoms. The molecule has 0 saturated carbocycles. The quantitative estimate of drug-likeness (QED) is 0.800. The Balaban J connectivity index is 1.29. The molecule has 28 heavy (non-hydrogen) atoms. The highest BCUT2D eigenvalue weighted by atomic mass is 16.2. The summed E-state index contributed by atoms with van der Waals surface area (Å²) in [6.07, 6.45) is 2.06. The highest BCUT2D eigenvalue weighted by molar-refractivity contribution is 5.97. The first-order valence-electron chi connectivity index (χ1n) is 10.6. The number of amides is 1. The SMILES string of the molecule is CCc1ccc(CN2CCN(CC(=O)N3c4ccccc4CC3C)CC2)cc1. The predicted octanol–water partition coefficient (Wildman–Crippen LogP) is 3.34. The van der Waals surface area contributed by atoms with E-state index >= 15 is 0 Å². The predicted molar refractivity (Wildman–Crippen MR) is 115 cm³/mol. The molecule has 1 unspecified atom stereocenters. The Bertz CT molecular complexity index is 809. The van der Waals surface area contributed by atoms with Gasteiger partial charge in [0, 0.05) is 44.5 Å². The fourth-order valence-corrected chi connectivity index (χ4v) is 4.46. The molecule has 1 fully saturated rings. The van der Waals surface area contributed by atoms with E-state index < -0.39 is 0 Å². The van der Waals surface area contributed by atoms with Gasteiger partial charge in [0.25, 0.3) is 0 Å². The molecule has 0 radical (unpaired) electrons. The summed E-state index contributed by atoms with van der Waals surface area (Å²) in [4.78, 5) is 19.8. The molecule has 0 aliphatic carbocycles. The average molecular weight is 378 g/mol. The molecule has 4 rings (SSSR count). The lowest BCUT2D eigenvalue weighted by atomic mass is 10.1. The monoisotopic (exact) mass is 377 g/mol. The molecule has 4 nitrogen and oxygen atoms in total. The van der Waals surface area contributed by atoms with Gasteiger partial charge in [0.05, 0.1) is 6.54 Å². The van der Waals surface area contributed by atoms with E-state index in [0.29, 0.717) is 6.54 Å². The Hall–Kier alpha value is -2.17. The van der Waals surface area contributed by atoms with Crippen molar-refractivity contribution in [1.82, 2.24) is 9.80 Å². The Kier molecular flexibility index (Phi) is 5.79. The largest absolute Gasteiger partial charge is 0.308 e. The smallest absolute Gasteiger partial charge is 0.241 e.